The zero-order valence-electron chi connectivity index (χ0n) is 15.5. The van der Waals surface area contributed by atoms with Gasteiger partial charge in [0.15, 0.2) is 5.16 Å². The first kappa shape index (κ1) is 19.6. The van der Waals surface area contributed by atoms with Gasteiger partial charge in [0.25, 0.3) is 0 Å². The van der Waals surface area contributed by atoms with Crippen molar-refractivity contribution in [3.8, 4) is 0 Å². The van der Waals surface area contributed by atoms with Crippen LogP contribution in [0.3, 0.4) is 0 Å². The van der Waals surface area contributed by atoms with Crippen molar-refractivity contribution < 1.29 is 9.59 Å². The van der Waals surface area contributed by atoms with Crippen LogP contribution in [0, 0.1) is 6.92 Å². The van der Waals surface area contributed by atoms with E-state index in [0.29, 0.717) is 23.8 Å². The maximum atomic E-state index is 12.2. The smallest absolute Gasteiger partial charge is 0.248 e. The molecular weight excluding hydrogens is 374 g/mol. The fourth-order valence-electron chi connectivity index (χ4n) is 2.63. The number of carbonyl (C=O) groups is 2. The summed E-state index contributed by atoms with van der Waals surface area (Å²) in [5, 5.41) is 11.8. The maximum absolute atomic E-state index is 12.2. The normalized spacial score (nSPS) is 10.6. The predicted molar refractivity (Wildman–Crippen MR) is 108 cm³/mol. The number of hydrogen-bond acceptors (Lipinski definition) is 5. The highest BCUT2D eigenvalue weighted by Gasteiger charge is 2.12. The fourth-order valence-corrected chi connectivity index (χ4v) is 3.45. The number of aryl methyl sites for hydroxylation is 1. The SMILES string of the molecule is Cc1nnc(SCC(=O)NCc2cccc(C(N)=O)c2)n1Cc1ccccc1. The van der Waals surface area contributed by atoms with Crippen LogP contribution in [0.1, 0.15) is 27.3 Å². The van der Waals surface area contributed by atoms with Gasteiger partial charge in [-0.3, -0.25) is 9.59 Å². The summed E-state index contributed by atoms with van der Waals surface area (Å²) in [6.07, 6.45) is 0. The Morgan fingerprint density at radius 3 is 2.57 bits per heavy atom. The van der Waals surface area contributed by atoms with Gasteiger partial charge in [-0.05, 0) is 30.2 Å². The second-order valence-corrected chi connectivity index (χ2v) is 7.17. The van der Waals surface area contributed by atoms with Crippen LogP contribution in [-0.2, 0) is 17.9 Å². The standard InChI is InChI=1S/C20H21N5O2S/c1-14-23-24-20(25(14)12-15-6-3-2-4-7-15)28-13-18(26)22-11-16-8-5-9-17(10-16)19(21)27/h2-10H,11-13H2,1H3,(H2,21,27)(H,22,26). The van der Waals surface area contributed by atoms with Gasteiger partial charge < -0.3 is 15.6 Å². The molecule has 0 radical (unpaired) electrons. The van der Waals surface area contributed by atoms with E-state index in [2.05, 4.69) is 15.5 Å². The molecule has 3 aromatic rings. The Kier molecular flexibility index (Phi) is 6.44. The number of nitrogens with two attached hydrogens (primary N) is 1. The van der Waals surface area contributed by atoms with Gasteiger partial charge in [-0.15, -0.1) is 10.2 Å². The van der Waals surface area contributed by atoms with E-state index in [1.54, 1.807) is 18.2 Å². The lowest BCUT2D eigenvalue weighted by atomic mass is 10.1. The van der Waals surface area contributed by atoms with Crippen molar-refractivity contribution in [2.45, 2.75) is 25.2 Å². The summed E-state index contributed by atoms with van der Waals surface area (Å²) >= 11 is 1.34. The zero-order valence-corrected chi connectivity index (χ0v) is 16.3. The number of rotatable bonds is 8. The number of nitrogens with zero attached hydrogens (tertiary/aromatic N) is 3. The second kappa shape index (κ2) is 9.18. The van der Waals surface area contributed by atoms with Crippen molar-refractivity contribution in [1.82, 2.24) is 20.1 Å². The van der Waals surface area contributed by atoms with Gasteiger partial charge >= 0.3 is 0 Å². The Bertz CT molecular complexity index is 972. The number of aromatic nitrogens is 3. The Labute approximate surface area is 167 Å². The summed E-state index contributed by atoms with van der Waals surface area (Å²) in [5.41, 5.74) is 7.66. The summed E-state index contributed by atoms with van der Waals surface area (Å²) in [6, 6.07) is 16.9. The first-order chi connectivity index (χ1) is 13.5. The molecule has 0 bridgehead atoms. The molecule has 1 aromatic heterocycles. The predicted octanol–water partition coefficient (Wildman–Crippen LogP) is 2.14. The van der Waals surface area contributed by atoms with Crippen LogP contribution in [0.5, 0.6) is 0 Å². The number of benzene rings is 2. The highest BCUT2D eigenvalue weighted by atomic mass is 32.2. The molecule has 2 amide bonds. The zero-order chi connectivity index (χ0) is 19.9. The first-order valence-corrected chi connectivity index (χ1v) is 9.73. The summed E-state index contributed by atoms with van der Waals surface area (Å²) in [6.45, 7) is 2.88. The Hall–Kier alpha value is -3.13. The summed E-state index contributed by atoms with van der Waals surface area (Å²) < 4.78 is 1.99. The lowest BCUT2D eigenvalue weighted by molar-refractivity contribution is -0.118. The minimum Gasteiger partial charge on any atom is -0.366 e. The van der Waals surface area contributed by atoms with Gasteiger partial charge in [-0.2, -0.15) is 0 Å². The van der Waals surface area contributed by atoms with Crippen LogP contribution in [0.4, 0.5) is 0 Å². The summed E-state index contributed by atoms with van der Waals surface area (Å²) in [4.78, 5) is 23.4. The van der Waals surface area contributed by atoms with E-state index in [1.807, 2.05) is 47.9 Å². The Morgan fingerprint density at radius 2 is 1.82 bits per heavy atom. The minimum absolute atomic E-state index is 0.124. The van der Waals surface area contributed by atoms with E-state index < -0.39 is 5.91 Å². The lowest BCUT2D eigenvalue weighted by Gasteiger charge is -2.09. The minimum atomic E-state index is -0.489. The summed E-state index contributed by atoms with van der Waals surface area (Å²) in [7, 11) is 0. The molecule has 8 heteroatoms. The first-order valence-electron chi connectivity index (χ1n) is 8.75. The van der Waals surface area contributed by atoms with Gasteiger partial charge in [-0.1, -0.05) is 54.2 Å². The molecule has 2 aromatic carbocycles. The molecule has 3 rings (SSSR count). The topological polar surface area (TPSA) is 103 Å². The summed E-state index contributed by atoms with van der Waals surface area (Å²) in [5.74, 6) is 0.413. The second-order valence-electron chi connectivity index (χ2n) is 6.23. The van der Waals surface area contributed by atoms with Gasteiger partial charge in [0.1, 0.15) is 5.82 Å². The molecule has 0 saturated heterocycles. The van der Waals surface area contributed by atoms with Gasteiger partial charge in [0.2, 0.25) is 11.8 Å². The number of thioether (sulfide) groups is 1. The van der Waals surface area contributed by atoms with E-state index >= 15 is 0 Å². The van der Waals surface area contributed by atoms with Crippen molar-refractivity contribution in [1.29, 1.82) is 0 Å². The molecule has 28 heavy (non-hydrogen) atoms. The van der Waals surface area contributed by atoms with Crippen molar-refractivity contribution >= 4 is 23.6 Å². The molecule has 7 nitrogen and oxygen atoms in total. The quantitative estimate of drug-likeness (QED) is 0.569. The highest BCUT2D eigenvalue weighted by Crippen LogP contribution is 2.18. The van der Waals surface area contributed by atoms with Gasteiger partial charge in [0, 0.05) is 12.1 Å². The third-order valence-corrected chi connectivity index (χ3v) is 5.09. The maximum Gasteiger partial charge on any atom is 0.248 e. The number of carbonyl (C=O) groups excluding carboxylic acids is 2. The molecule has 0 spiro atoms. The van der Waals surface area contributed by atoms with E-state index in [1.165, 1.54) is 11.8 Å². The molecule has 0 saturated carbocycles. The van der Waals surface area contributed by atoms with E-state index in [-0.39, 0.29) is 11.7 Å². The van der Waals surface area contributed by atoms with Crippen LogP contribution in [0.15, 0.2) is 59.8 Å². The van der Waals surface area contributed by atoms with Gasteiger partial charge in [0.05, 0.1) is 12.3 Å². The van der Waals surface area contributed by atoms with Crippen LogP contribution >= 0.6 is 11.8 Å². The van der Waals surface area contributed by atoms with Crippen LogP contribution in [-0.4, -0.2) is 32.3 Å². The Balaban J connectivity index is 1.55. The fraction of sp³-hybridized carbons (Fsp3) is 0.200. The number of hydrogen-bond donors (Lipinski definition) is 2. The number of primary amides is 1. The molecule has 0 aliphatic carbocycles. The Morgan fingerprint density at radius 1 is 1.07 bits per heavy atom. The van der Waals surface area contributed by atoms with E-state index in [4.69, 9.17) is 5.73 Å². The number of amides is 2. The van der Waals surface area contributed by atoms with E-state index in [0.717, 1.165) is 17.0 Å². The van der Waals surface area contributed by atoms with Crippen molar-refractivity contribution in [3.05, 3.63) is 77.1 Å². The third kappa shape index (κ3) is 5.20. The van der Waals surface area contributed by atoms with Crippen LogP contribution < -0.4 is 11.1 Å². The van der Waals surface area contributed by atoms with Crippen molar-refractivity contribution in [2.24, 2.45) is 5.73 Å². The molecule has 0 aliphatic rings. The number of nitrogens with one attached hydrogen (secondary N) is 1. The monoisotopic (exact) mass is 395 g/mol. The average molecular weight is 395 g/mol. The van der Waals surface area contributed by atoms with Crippen LogP contribution in [0.2, 0.25) is 0 Å². The van der Waals surface area contributed by atoms with Gasteiger partial charge in [-0.25, -0.2) is 0 Å². The average Bonchev–Trinajstić information content (AvgIpc) is 3.05. The van der Waals surface area contributed by atoms with Crippen molar-refractivity contribution in [2.75, 3.05) is 5.75 Å². The van der Waals surface area contributed by atoms with Crippen molar-refractivity contribution in [3.63, 3.8) is 0 Å². The molecular formula is C20H21N5O2S. The largest absolute Gasteiger partial charge is 0.366 e. The molecule has 0 atom stereocenters. The lowest BCUT2D eigenvalue weighted by Crippen LogP contribution is -2.25. The molecule has 0 unspecified atom stereocenters. The molecule has 3 N–H and O–H groups in total. The molecule has 0 fully saturated rings. The van der Waals surface area contributed by atoms with E-state index in [9.17, 15) is 9.59 Å². The molecule has 1 heterocycles. The molecule has 144 valence electrons. The highest BCUT2D eigenvalue weighted by molar-refractivity contribution is 7.99. The third-order valence-electron chi connectivity index (χ3n) is 4.12. The van der Waals surface area contributed by atoms with Crippen LogP contribution in [0.25, 0.3) is 0 Å². The molecule has 0 aliphatic heterocycles.